The Morgan fingerprint density at radius 1 is 0.656 bits per heavy atom. The highest BCUT2D eigenvalue weighted by atomic mass is 16.2. The molecule has 5 heteroatoms. The van der Waals surface area contributed by atoms with Crippen molar-refractivity contribution in [2.45, 2.75) is 79.6 Å². The van der Waals surface area contributed by atoms with Crippen LogP contribution in [0.5, 0.6) is 0 Å². The van der Waals surface area contributed by atoms with Crippen molar-refractivity contribution < 1.29 is 14.4 Å². The Balaban J connectivity index is 2.78. The van der Waals surface area contributed by atoms with Gasteiger partial charge in [-0.05, 0) is 72.6 Å². The van der Waals surface area contributed by atoms with Crippen LogP contribution in [0.2, 0.25) is 0 Å². The maximum absolute atomic E-state index is 13.7. The number of nitrogens with zero attached hydrogens (tertiary/aromatic N) is 2. The zero-order valence-electron chi connectivity index (χ0n) is 20.5. The Bertz CT molecular complexity index is 961. The normalized spacial score (nSPS) is 11.4. The first kappa shape index (κ1) is 25.3. The van der Waals surface area contributed by atoms with Gasteiger partial charge in [0.05, 0.1) is 5.56 Å². The molecule has 0 heterocycles. The number of amides is 2. The number of benzene rings is 2. The first-order chi connectivity index (χ1) is 15.0. The molecule has 0 unspecified atom stereocenters. The number of hydrogen-bond donors (Lipinski definition) is 0. The summed E-state index contributed by atoms with van der Waals surface area (Å²) in [6.45, 7) is 15.8. The molecule has 0 aliphatic carbocycles. The fourth-order valence-electron chi connectivity index (χ4n) is 4.43. The molecule has 0 aliphatic heterocycles. The lowest BCUT2D eigenvalue weighted by atomic mass is 9.90. The Kier molecular flexibility index (Phi) is 8.37. The summed E-state index contributed by atoms with van der Waals surface area (Å²) in [5, 5.41) is 0. The predicted octanol–water partition coefficient (Wildman–Crippen LogP) is 5.68. The van der Waals surface area contributed by atoms with E-state index in [1.165, 1.54) is 0 Å². The molecule has 0 N–H and O–H groups in total. The molecule has 2 aromatic carbocycles. The minimum absolute atomic E-state index is 0.0235. The summed E-state index contributed by atoms with van der Waals surface area (Å²) in [5.74, 6) is -0.301. The maximum Gasteiger partial charge on any atom is 0.255 e. The van der Waals surface area contributed by atoms with Gasteiger partial charge in [0.1, 0.15) is 0 Å². The van der Waals surface area contributed by atoms with Gasteiger partial charge in [-0.3, -0.25) is 14.4 Å². The minimum atomic E-state index is -0.209. The van der Waals surface area contributed by atoms with Gasteiger partial charge in [0.25, 0.3) is 11.8 Å². The summed E-state index contributed by atoms with van der Waals surface area (Å²) >= 11 is 0. The second-order valence-corrected chi connectivity index (χ2v) is 9.23. The van der Waals surface area contributed by atoms with Crippen molar-refractivity contribution in [3.05, 3.63) is 59.2 Å². The highest BCUT2D eigenvalue weighted by molar-refractivity contribution is 6.10. The number of aldehydes is 1. The standard InChI is InChI=1S/C27H36N2O3/c1-17(2)28(18(3)4)26(31)24-14-10-9-13-22(24)23-15-11-12-21(16-30)25(23)27(32)29(19(5)6)20(7)8/h9-20H,1-8H3. The molecule has 32 heavy (non-hydrogen) atoms. The van der Waals surface area contributed by atoms with Gasteiger partial charge in [0.2, 0.25) is 0 Å². The smallest absolute Gasteiger partial charge is 0.255 e. The zero-order valence-corrected chi connectivity index (χ0v) is 20.5. The molecule has 0 spiro atoms. The Labute approximate surface area is 192 Å². The second-order valence-electron chi connectivity index (χ2n) is 9.23. The highest BCUT2D eigenvalue weighted by Gasteiger charge is 2.29. The van der Waals surface area contributed by atoms with Crippen molar-refractivity contribution in [1.82, 2.24) is 9.80 Å². The Morgan fingerprint density at radius 2 is 1.12 bits per heavy atom. The summed E-state index contributed by atoms with van der Waals surface area (Å²) in [6.07, 6.45) is 0.717. The van der Waals surface area contributed by atoms with E-state index < -0.39 is 0 Å². The van der Waals surface area contributed by atoms with Crippen molar-refractivity contribution in [2.75, 3.05) is 0 Å². The molecule has 0 saturated carbocycles. The lowest BCUT2D eigenvalue weighted by Gasteiger charge is -2.33. The number of carbonyl (C=O) groups is 3. The summed E-state index contributed by atoms with van der Waals surface area (Å²) in [6, 6.07) is 12.5. The van der Waals surface area contributed by atoms with Crippen LogP contribution in [-0.2, 0) is 0 Å². The Morgan fingerprint density at radius 3 is 1.62 bits per heavy atom. The first-order valence-corrected chi connectivity index (χ1v) is 11.4. The monoisotopic (exact) mass is 436 g/mol. The van der Waals surface area contributed by atoms with E-state index in [1.807, 2.05) is 84.6 Å². The molecule has 0 aromatic heterocycles. The predicted molar refractivity (Wildman–Crippen MR) is 130 cm³/mol. The fourth-order valence-corrected chi connectivity index (χ4v) is 4.43. The van der Waals surface area contributed by atoms with Crippen molar-refractivity contribution in [2.24, 2.45) is 0 Å². The molecule has 0 fully saturated rings. The number of rotatable bonds is 8. The zero-order chi connectivity index (χ0) is 24.2. The largest absolute Gasteiger partial charge is 0.334 e. The van der Waals surface area contributed by atoms with Gasteiger partial charge >= 0.3 is 0 Å². The van der Waals surface area contributed by atoms with Crippen molar-refractivity contribution in [1.29, 1.82) is 0 Å². The molecule has 0 bridgehead atoms. The van der Waals surface area contributed by atoms with E-state index in [0.29, 0.717) is 34.1 Å². The molecule has 0 atom stereocenters. The lowest BCUT2D eigenvalue weighted by Crippen LogP contribution is -2.43. The van der Waals surface area contributed by atoms with Gasteiger partial charge in [-0.25, -0.2) is 0 Å². The average Bonchev–Trinajstić information content (AvgIpc) is 2.71. The van der Waals surface area contributed by atoms with Crippen LogP contribution in [0.3, 0.4) is 0 Å². The topological polar surface area (TPSA) is 57.7 Å². The Hall–Kier alpha value is -2.95. The van der Waals surface area contributed by atoms with Crippen LogP contribution in [0, 0.1) is 0 Å². The summed E-state index contributed by atoms with van der Waals surface area (Å²) in [5.41, 5.74) is 2.44. The molecule has 0 radical (unpaired) electrons. The van der Waals surface area contributed by atoms with Crippen LogP contribution in [0.25, 0.3) is 11.1 Å². The van der Waals surface area contributed by atoms with Crippen LogP contribution in [0.15, 0.2) is 42.5 Å². The SMILES string of the molecule is CC(C)N(C(=O)c1ccccc1-c1cccc(C=O)c1C(=O)N(C(C)C)C(C)C)C(C)C. The highest BCUT2D eigenvalue weighted by Crippen LogP contribution is 2.32. The van der Waals surface area contributed by atoms with E-state index in [4.69, 9.17) is 0 Å². The van der Waals surface area contributed by atoms with Crippen LogP contribution in [0.1, 0.15) is 86.5 Å². The van der Waals surface area contributed by atoms with E-state index in [0.717, 1.165) is 0 Å². The second kappa shape index (κ2) is 10.6. The van der Waals surface area contributed by atoms with Gasteiger partial charge in [-0.15, -0.1) is 0 Å². The third-order valence-corrected chi connectivity index (χ3v) is 5.58. The van der Waals surface area contributed by atoms with Gasteiger partial charge in [-0.1, -0.05) is 36.4 Å². The molecule has 172 valence electrons. The van der Waals surface area contributed by atoms with E-state index in [9.17, 15) is 14.4 Å². The molecule has 5 nitrogen and oxygen atoms in total. The number of hydrogen-bond acceptors (Lipinski definition) is 3. The summed E-state index contributed by atoms with van der Waals surface area (Å²) < 4.78 is 0. The molecular formula is C27H36N2O3. The molecule has 0 aliphatic rings. The molecule has 2 amide bonds. The molecule has 2 rings (SSSR count). The van der Waals surface area contributed by atoms with Crippen molar-refractivity contribution in [3.63, 3.8) is 0 Å². The average molecular weight is 437 g/mol. The maximum atomic E-state index is 13.7. The first-order valence-electron chi connectivity index (χ1n) is 11.4. The van der Waals surface area contributed by atoms with Gasteiger partial charge in [-0.2, -0.15) is 0 Å². The third kappa shape index (κ3) is 5.09. The van der Waals surface area contributed by atoms with Crippen molar-refractivity contribution >= 4 is 18.1 Å². The molecule has 0 saturated heterocycles. The van der Waals surface area contributed by atoms with E-state index in [-0.39, 0.29) is 36.0 Å². The van der Waals surface area contributed by atoms with E-state index in [2.05, 4.69) is 0 Å². The fraction of sp³-hybridized carbons (Fsp3) is 0.444. The van der Waals surface area contributed by atoms with Crippen LogP contribution in [-0.4, -0.2) is 52.1 Å². The minimum Gasteiger partial charge on any atom is -0.334 e. The summed E-state index contributed by atoms with van der Waals surface area (Å²) in [4.78, 5) is 42.8. The van der Waals surface area contributed by atoms with E-state index in [1.54, 1.807) is 23.1 Å². The third-order valence-electron chi connectivity index (χ3n) is 5.58. The molecular weight excluding hydrogens is 400 g/mol. The molecule has 2 aromatic rings. The van der Waals surface area contributed by atoms with Gasteiger partial charge in [0.15, 0.2) is 6.29 Å². The lowest BCUT2D eigenvalue weighted by molar-refractivity contribution is 0.0632. The quantitative estimate of drug-likeness (QED) is 0.500. The van der Waals surface area contributed by atoms with Crippen LogP contribution < -0.4 is 0 Å². The van der Waals surface area contributed by atoms with Crippen LogP contribution in [0.4, 0.5) is 0 Å². The van der Waals surface area contributed by atoms with Crippen LogP contribution >= 0.6 is 0 Å². The van der Waals surface area contributed by atoms with E-state index >= 15 is 0 Å². The van der Waals surface area contributed by atoms with Gasteiger partial charge < -0.3 is 9.80 Å². The van der Waals surface area contributed by atoms with Crippen molar-refractivity contribution in [3.8, 4) is 11.1 Å². The summed E-state index contributed by atoms with van der Waals surface area (Å²) in [7, 11) is 0. The number of carbonyl (C=O) groups excluding carboxylic acids is 3. The van der Waals surface area contributed by atoms with Gasteiger partial charge in [0, 0.05) is 35.3 Å².